The van der Waals surface area contributed by atoms with Gasteiger partial charge in [-0.05, 0) is 38.0 Å². The van der Waals surface area contributed by atoms with Crippen LogP contribution >= 0.6 is 0 Å². The van der Waals surface area contributed by atoms with Gasteiger partial charge in [0.1, 0.15) is 11.4 Å². The molecule has 1 heterocycles. The van der Waals surface area contributed by atoms with Crippen LogP contribution in [0.15, 0.2) is 6.07 Å². The van der Waals surface area contributed by atoms with Crippen molar-refractivity contribution in [2.75, 3.05) is 12.8 Å². The summed E-state index contributed by atoms with van der Waals surface area (Å²) < 4.78 is 5.79. The summed E-state index contributed by atoms with van der Waals surface area (Å²) in [6, 6.07) is 1.85. The molecule has 0 bridgehead atoms. The normalized spacial score (nSPS) is 28.3. The van der Waals surface area contributed by atoms with Crippen molar-refractivity contribution in [1.82, 2.24) is 9.97 Å². The van der Waals surface area contributed by atoms with Crippen molar-refractivity contribution in [3.8, 4) is 0 Å². The summed E-state index contributed by atoms with van der Waals surface area (Å²) in [5.74, 6) is 2.08. The maximum Gasteiger partial charge on any atom is 0.162 e. The number of methoxy groups -OCH3 is 1. The van der Waals surface area contributed by atoms with E-state index < -0.39 is 0 Å². The lowest BCUT2D eigenvalue weighted by Crippen LogP contribution is -2.35. The van der Waals surface area contributed by atoms with E-state index in [-0.39, 0.29) is 5.60 Å². The number of hydrogen-bond donors (Lipinski definition) is 1. The molecule has 0 saturated heterocycles. The molecule has 0 atom stereocenters. The smallest absolute Gasteiger partial charge is 0.162 e. The van der Waals surface area contributed by atoms with Crippen LogP contribution in [0.2, 0.25) is 0 Å². The van der Waals surface area contributed by atoms with E-state index in [1.165, 1.54) is 0 Å². The van der Waals surface area contributed by atoms with Crippen LogP contribution in [0, 0.1) is 5.92 Å². The van der Waals surface area contributed by atoms with Crippen molar-refractivity contribution in [2.45, 2.75) is 51.6 Å². The third-order valence-corrected chi connectivity index (χ3v) is 4.04. The number of nitrogens with two attached hydrogens (primary N) is 1. The van der Waals surface area contributed by atoms with Crippen LogP contribution in [0.1, 0.15) is 51.0 Å². The molecule has 100 valence electrons. The molecule has 4 heteroatoms. The maximum absolute atomic E-state index is 5.88. The van der Waals surface area contributed by atoms with Crippen molar-refractivity contribution in [3.05, 3.63) is 17.6 Å². The first-order valence-electron chi connectivity index (χ1n) is 6.78. The van der Waals surface area contributed by atoms with E-state index in [2.05, 4.69) is 23.8 Å². The van der Waals surface area contributed by atoms with E-state index in [9.17, 15) is 0 Å². The molecule has 1 aromatic heterocycles. The minimum atomic E-state index is -0.328. The fourth-order valence-electron chi connectivity index (χ4n) is 2.65. The van der Waals surface area contributed by atoms with E-state index in [0.29, 0.717) is 5.82 Å². The summed E-state index contributed by atoms with van der Waals surface area (Å²) in [4.78, 5) is 9.04. The second kappa shape index (κ2) is 5.22. The Morgan fingerprint density at radius 2 is 2.06 bits per heavy atom. The van der Waals surface area contributed by atoms with E-state index in [0.717, 1.165) is 49.5 Å². The molecule has 1 aromatic rings. The van der Waals surface area contributed by atoms with Crippen LogP contribution in [-0.2, 0) is 16.8 Å². The van der Waals surface area contributed by atoms with Gasteiger partial charge in [-0.1, -0.05) is 13.8 Å². The van der Waals surface area contributed by atoms with Crippen LogP contribution in [0.4, 0.5) is 5.82 Å². The zero-order valence-corrected chi connectivity index (χ0v) is 11.6. The topological polar surface area (TPSA) is 61.0 Å². The van der Waals surface area contributed by atoms with Gasteiger partial charge < -0.3 is 10.5 Å². The molecule has 0 amide bonds. The molecule has 18 heavy (non-hydrogen) atoms. The van der Waals surface area contributed by atoms with Gasteiger partial charge in [0.25, 0.3) is 0 Å². The van der Waals surface area contributed by atoms with Gasteiger partial charge in [0, 0.05) is 18.9 Å². The number of nitrogen functional groups attached to an aromatic ring is 1. The Morgan fingerprint density at radius 1 is 1.39 bits per heavy atom. The Bertz CT molecular complexity index is 412. The molecule has 1 aliphatic carbocycles. The first-order chi connectivity index (χ1) is 8.59. The van der Waals surface area contributed by atoms with E-state index in [1.54, 1.807) is 7.11 Å². The minimum absolute atomic E-state index is 0.328. The average Bonchev–Trinajstić information content (AvgIpc) is 2.39. The second-order valence-corrected chi connectivity index (χ2v) is 5.34. The van der Waals surface area contributed by atoms with E-state index >= 15 is 0 Å². The third-order valence-electron chi connectivity index (χ3n) is 4.04. The van der Waals surface area contributed by atoms with Crippen LogP contribution in [0.5, 0.6) is 0 Å². The van der Waals surface area contributed by atoms with Crippen molar-refractivity contribution in [2.24, 2.45) is 5.92 Å². The zero-order valence-electron chi connectivity index (χ0n) is 11.6. The summed E-state index contributed by atoms with van der Waals surface area (Å²) in [5.41, 5.74) is 6.54. The first-order valence-corrected chi connectivity index (χ1v) is 6.78. The van der Waals surface area contributed by atoms with Gasteiger partial charge >= 0.3 is 0 Å². The van der Waals surface area contributed by atoms with Gasteiger partial charge in [0.15, 0.2) is 5.82 Å². The van der Waals surface area contributed by atoms with Gasteiger partial charge in [-0.15, -0.1) is 0 Å². The summed E-state index contributed by atoms with van der Waals surface area (Å²) >= 11 is 0. The van der Waals surface area contributed by atoms with Gasteiger partial charge in [-0.25, -0.2) is 9.97 Å². The Morgan fingerprint density at radius 3 is 2.61 bits per heavy atom. The highest BCUT2D eigenvalue weighted by molar-refractivity contribution is 5.31. The van der Waals surface area contributed by atoms with Gasteiger partial charge in [-0.3, -0.25) is 0 Å². The molecule has 1 aliphatic rings. The maximum atomic E-state index is 5.88. The first kappa shape index (κ1) is 13.3. The minimum Gasteiger partial charge on any atom is -0.384 e. The van der Waals surface area contributed by atoms with Gasteiger partial charge in [0.05, 0.1) is 0 Å². The molecule has 4 nitrogen and oxygen atoms in total. The fraction of sp³-hybridized carbons (Fsp3) is 0.714. The number of aromatic nitrogens is 2. The molecular formula is C14H23N3O. The molecule has 1 saturated carbocycles. The predicted molar refractivity (Wildman–Crippen MR) is 72.1 cm³/mol. The quantitative estimate of drug-likeness (QED) is 0.894. The monoisotopic (exact) mass is 249 g/mol. The number of ether oxygens (including phenoxy) is 1. The fourth-order valence-corrected chi connectivity index (χ4v) is 2.65. The Balaban J connectivity index is 2.35. The van der Waals surface area contributed by atoms with Crippen LogP contribution < -0.4 is 5.73 Å². The molecule has 0 aliphatic heterocycles. The van der Waals surface area contributed by atoms with E-state index in [1.807, 2.05) is 6.07 Å². The third kappa shape index (κ3) is 2.48. The van der Waals surface area contributed by atoms with Gasteiger partial charge in [-0.2, -0.15) is 0 Å². The predicted octanol–water partition coefficient (Wildman–Crippen LogP) is 2.67. The van der Waals surface area contributed by atoms with Crippen molar-refractivity contribution in [3.63, 3.8) is 0 Å². The van der Waals surface area contributed by atoms with Crippen LogP contribution in [0.3, 0.4) is 0 Å². The Labute approximate surface area is 109 Å². The van der Waals surface area contributed by atoms with Crippen molar-refractivity contribution in [1.29, 1.82) is 0 Å². The lowest BCUT2D eigenvalue weighted by molar-refractivity contribution is -0.0597. The molecular weight excluding hydrogens is 226 g/mol. The zero-order chi connectivity index (χ0) is 13.2. The number of hydrogen-bond acceptors (Lipinski definition) is 4. The number of rotatable bonds is 3. The Hall–Kier alpha value is -1.16. The van der Waals surface area contributed by atoms with Gasteiger partial charge in [0.2, 0.25) is 0 Å². The van der Waals surface area contributed by atoms with Crippen LogP contribution in [0.25, 0.3) is 0 Å². The van der Waals surface area contributed by atoms with Crippen molar-refractivity contribution < 1.29 is 4.74 Å². The number of aryl methyl sites for hydroxylation is 1. The molecule has 2 N–H and O–H groups in total. The summed E-state index contributed by atoms with van der Waals surface area (Å²) in [5, 5.41) is 0. The number of anilines is 1. The largest absolute Gasteiger partial charge is 0.384 e. The highest BCUT2D eigenvalue weighted by Crippen LogP contribution is 2.40. The molecule has 2 rings (SSSR count). The highest BCUT2D eigenvalue weighted by atomic mass is 16.5. The number of nitrogens with zero attached hydrogens (tertiary/aromatic N) is 2. The average molecular weight is 249 g/mol. The van der Waals surface area contributed by atoms with Crippen LogP contribution in [-0.4, -0.2) is 17.1 Å². The highest BCUT2D eigenvalue weighted by Gasteiger charge is 2.38. The SMILES string of the molecule is CCc1cc(N)nc(C2(OC)CCC(C)CC2)n1. The standard InChI is InChI=1S/C14H23N3O/c1-4-11-9-12(15)17-13(16-11)14(18-3)7-5-10(2)6-8-14/h9-10H,4-8H2,1-3H3,(H2,15,16,17). The second-order valence-electron chi connectivity index (χ2n) is 5.34. The molecule has 1 fully saturated rings. The summed E-state index contributed by atoms with van der Waals surface area (Å²) in [6.45, 7) is 4.37. The molecule has 0 spiro atoms. The summed E-state index contributed by atoms with van der Waals surface area (Å²) in [6.07, 6.45) is 5.16. The molecule has 0 radical (unpaired) electrons. The lowest BCUT2D eigenvalue weighted by Gasteiger charge is -2.37. The molecule has 0 unspecified atom stereocenters. The molecule has 0 aromatic carbocycles. The van der Waals surface area contributed by atoms with E-state index in [4.69, 9.17) is 10.5 Å². The van der Waals surface area contributed by atoms with Crippen molar-refractivity contribution >= 4 is 5.82 Å². The summed E-state index contributed by atoms with van der Waals surface area (Å²) in [7, 11) is 1.76. The lowest BCUT2D eigenvalue weighted by atomic mass is 9.79. The Kier molecular flexibility index (Phi) is 3.85.